The van der Waals surface area contributed by atoms with E-state index in [9.17, 15) is 4.79 Å². The normalized spacial score (nSPS) is 11.9. The highest BCUT2D eigenvalue weighted by atomic mass is 32.2. The Morgan fingerprint density at radius 1 is 1.14 bits per heavy atom. The Morgan fingerprint density at radius 3 is 2.52 bits per heavy atom. The molecule has 0 aliphatic carbocycles. The highest BCUT2D eigenvalue weighted by molar-refractivity contribution is 7.98. The van der Waals surface area contributed by atoms with Crippen LogP contribution in [0.25, 0.3) is 0 Å². The second kappa shape index (κ2) is 7.86. The smallest absolute Gasteiger partial charge is 0.253 e. The maximum absolute atomic E-state index is 12.2. The maximum Gasteiger partial charge on any atom is 0.253 e. The topological polar surface area (TPSA) is 38.3 Å². The third kappa shape index (κ3) is 4.62. The summed E-state index contributed by atoms with van der Waals surface area (Å²) in [4.78, 5) is 13.2. The van der Waals surface area contributed by atoms with E-state index in [1.807, 2.05) is 60.9 Å². The quantitative estimate of drug-likeness (QED) is 0.821. The minimum atomic E-state index is -0.500. The van der Waals surface area contributed by atoms with Gasteiger partial charge in [-0.15, -0.1) is 11.8 Å². The van der Waals surface area contributed by atoms with Crippen LogP contribution >= 0.6 is 11.8 Å². The van der Waals surface area contributed by atoms with E-state index < -0.39 is 6.10 Å². The van der Waals surface area contributed by atoms with Crippen molar-refractivity contribution < 1.29 is 9.53 Å². The monoisotopic (exact) mass is 301 g/mol. The molecular formula is C17H19NO2S. The number of thioether (sulfide) groups is 1. The Bertz CT molecular complexity index is 586. The largest absolute Gasteiger partial charge is 0.364 e. The molecule has 1 N–H and O–H groups in total. The van der Waals surface area contributed by atoms with Gasteiger partial charge in [-0.25, -0.2) is 0 Å². The zero-order valence-electron chi connectivity index (χ0n) is 12.2. The molecule has 0 saturated heterocycles. The molecule has 110 valence electrons. The molecule has 0 aliphatic heterocycles. The number of carbonyl (C=O) groups excluding carboxylic acids is 1. The first-order valence-corrected chi connectivity index (χ1v) is 8.02. The van der Waals surface area contributed by atoms with E-state index in [-0.39, 0.29) is 5.91 Å². The molecule has 0 heterocycles. The van der Waals surface area contributed by atoms with Crippen LogP contribution in [-0.2, 0) is 16.1 Å². The molecule has 0 aromatic heterocycles. The molecule has 1 amide bonds. The zero-order chi connectivity index (χ0) is 15.1. The molecule has 21 heavy (non-hydrogen) atoms. The number of hydrogen-bond acceptors (Lipinski definition) is 3. The summed E-state index contributed by atoms with van der Waals surface area (Å²) in [6.45, 7) is 2.19. The van der Waals surface area contributed by atoms with E-state index >= 15 is 0 Å². The molecule has 0 aliphatic rings. The second-order valence-corrected chi connectivity index (χ2v) is 5.48. The predicted octanol–water partition coefficient (Wildman–Crippen LogP) is 3.95. The van der Waals surface area contributed by atoms with Gasteiger partial charge in [0.1, 0.15) is 6.10 Å². The van der Waals surface area contributed by atoms with E-state index in [1.54, 1.807) is 18.7 Å². The summed E-state index contributed by atoms with van der Waals surface area (Å²) < 4.78 is 5.62. The minimum absolute atomic E-state index is 0.132. The van der Waals surface area contributed by atoms with Crippen LogP contribution in [0.4, 0.5) is 5.69 Å². The highest BCUT2D eigenvalue weighted by Crippen LogP contribution is 2.24. The molecule has 0 unspecified atom stereocenters. The van der Waals surface area contributed by atoms with Crippen molar-refractivity contribution in [2.45, 2.75) is 24.5 Å². The lowest BCUT2D eigenvalue weighted by Gasteiger charge is -2.15. The Labute approximate surface area is 129 Å². The lowest BCUT2D eigenvalue weighted by atomic mass is 10.2. The number of ether oxygens (including phenoxy) is 1. The van der Waals surface area contributed by atoms with Gasteiger partial charge in [-0.05, 0) is 30.9 Å². The number of benzene rings is 2. The third-order valence-corrected chi connectivity index (χ3v) is 3.87. The predicted molar refractivity (Wildman–Crippen MR) is 87.5 cm³/mol. The van der Waals surface area contributed by atoms with Gasteiger partial charge >= 0.3 is 0 Å². The highest BCUT2D eigenvalue weighted by Gasteiger charge is 2.14. The average Bonchev–Trinajstić information content (AvgIpc) is 2.54. The van der Waals surface area contributed by atoms with Gasteiger partial charge in [0.25, 0.3) is 5.91 Å². The number of amides is 1. The molecule has 0 bridgehead atoms. The molecule has 0 radical (unpaired) electrons. The minimum Gasteiger partial charge on any atom is -0.364 e. The van der Waals surface area contributed by atoms with Gasteiger partial charge in [0.15, 0.2) is 0 Å². The standard InChI is InChI=1S/C17H19NO2S/c1-13(20-12-14-8-4-3-5-9-14)17(19)18-15-10-6-7-11-16(15)21-2/h3-11,13H,12H2,1-2H3,(H,18,19)/t13-/m0/s1. The van der Waals surface area contributed by atoms with E-state index in [1.165, 1.54) is 0 Å². The molecule has 2 aromatic rings. The molecule has 3 nitrogen and oxygen atoms in total. The number of anilines is 1. The van der Waals surface area contributed by atoms with Crippen molar-refractivity contribution in [2.75, 3.05) is 11.6 Å². The van der Waals surface area contributed by atoms with Gasteiger partial charge in [0.2, 0.25) is 0 Å². The van der Waals surface area contributed by atoms with Crippen molar-refractivity contribution >= 4 is 23.4 Å². The van der Waals surface area contributed by atoms with Crippen LogP contribution in [0.1, 0.15) is 12.5 Å². The maximum atomic E-state index is 12.2. The number of carbonyl (C=O) groups is 1. The van der Waals surface area contributed by atoms with Gasteiger partial charge in [0, 0.05) is 4.90 Å². The van der Waals surface area contributed by atoms with Crippen molar-refractivity contribution in [2.24, 2.45) is 0 Å². The van der Waals surface area contributed by atoms with Crippen LogP contribution in [0, 0.1) is 0 Å². The summed E-state index contributed by atoms with van der Waals surface area (Å²) in [5.41, 5.74) is 1.88. The molecule has 0 spiro atoms. The summed E-state index contributed by atoms with van der Waals surface area (Å²) in [6.07, 6.45) is 1.49. The number of para-hydroxylation sites is 1. The average molecular weight is 301 g/mol. The van der Waals surface area contributed by atoms with Gasteiger partial charge in [-0.2, -0.15) is 0 Å². The lowest BCUT2D eigenvalue weighted by molar-refractivity contribution is -0.127. The van der Waals surface area contributed by atoms with Crippen molar-refractivity contribution in [1.82, 2.24) is 0 Å². The molecule has 4 heteroatoms. The van der Waals surface area contributed by atoms with Crippen LogP contribution in [-0.4, -0.2) is 18.3 Å². The van der Waals surface area contributed by atoms with Crippen LogP contribution in [0.2, 0.25) is 0 Å². The van der Waals surface area contributed by atoms with Crippen molar-refractivity contribution in [3.8, 4) is 0 Å². The van der Waals surface area contributed by atoms with Crippen molar-refractivity contribution in [3.63, 3.8) is 0 Å². The summed E-state index contributed by atoms with van der Waals surface area (Å²) in [7, 11) is 0. The third-order valence-electron chi connectivity index (χ3n) is 3.08. The molecule has 2 aromatic carbocycles. The van der Waals surface area contributed by atoms with E-state index in [2.05, 4.69) is 5.32 Å². The molecule has 0 fully saturated rings. The van der Waals surface area contributed by atoms with Crippen LogP contribution in [0.15, 0.2) is 59.5 Å². The van der Waals surface area contributed by atoms with E-state index in [0.717, 1.165) is 16.1 Å². The van der Waals surface area contributed by atoms with Crippen LogP contribution in [0.5, 0.6) is 0 Å². The Kier molecular flexibility index (Phi) is 5.84. The van der Waals surface area contributed by atoms with Crippen molar-refractivity contribution in [3.05, 3.63) is 60.2 Å². The van der Waals surface area contributed by atoms with Gasteiger partial charge in [0.05, 0.1) is 12.3 Å². The summed E-state index contributed by atoms with van der Waals surface area (Å²) in [6, 6.07) is 17.6. The first-order valence-electron chi connectivity index (χ1n) is 6.80. The SMILES string of the molecule is CSc1ccccc1NC(=O)[C@H](C)OCc1ccccc1. The van der Waals surface area contributed by atoms with E-state index in [4.69, 9.17) is 4.74 Å². The number of nitrogens with one attached hydrogen (secondary N) is 1. The Morgan fingerprint density at radius 2 is 1.81 bits per heavy atom. The lowest BCUT2D eigenvalue weighted by Crippen LogP contribution is -2.27. The Balaban J connectivity index is 1.90. The van der Waals surface area contributed by atoms with Gasteiger partial charge in [-0.3, -0.25) is 4.79 Å². The van der Waals surface area contributed by atoms with Gasteiger partial charge in [-0.1, -0.05) is 42.5 Å². The van der Waals surface area contributed by atoms with Crippen LogP contribution in [0.3, 0.4) is 0 Å². The first kappa shape index (κ1) is 15.6. The molecule has 1 atom stereocenters. The van der Waals surface area contributed by atoms with Crippen LogP contribution < -0.4 is 5.32 Å². The summed E-state index contributed by atoms with van der Waals surface area (Å²) in [5.74, 6) is -0.132. The fourth-order valence-electron chi connectivity index (χ4n) is 1.85. The summed E-state index contributed by atoms with van der Waals surface area (Å²) >= 11 is 1.60. The fraction of sp³-hybridized carbons (Fsp3) is 0.235. The Hall–Kier alpha value is -1.78. The number of hydrogen-bond donors (Lipinski definition) is 1. The molecule has 2 rings (SSSR count). The molecule has 0 saturated carbocycles. The van der Waals surface area contributed by atoms with Gasteiger partial charge < -0.3 is 10.1 Å². The fourth-order valence-corrected chi connectivity index (χ4v) is 2.41. The van der Waals surface area contributed by atoms with E-state index in [0.29, 0.717) is 6.61 Å². The van der Waals surface area contributed by atoms with Crippen molar-refractivity contribution in [1.29, 1.82) is 0 Å². The zero-order valence-corrected chi connectivity index (χ0v) is 13.0. The second-order valence-electron chi connectivity index (χ2n) is 4.63. The molecular weight excluding hydrogens is 282 g/mol. The first-order chi connectivity index (χ1) is 10.2. The number of rotatable bonds is 6. The summed E-state index contributed by atoms with van der Waals surface area (Å²) in [5, 5.41) is 2.91.